The number of benzene rings is 2. The summed E-state index contributed by atoms with van der Waals surface area (Å²) in [4.78, 5) is 19.9. The summed E-state index contributed by atoms with van der Waals surface area (Å²) in [6, 6.07) is 14.0. The Hall–Kier alpha value is -2.84. The Bertz CT molecular complexity index is 1190. The van der Waals surface area contributed by atoms with Gasteiger partial charge in [-0.1, -0.05) is 67.9 Å². The van der Waals surface area contributed by atoms with E-state index in [1.165, 1.54) is 12.1 Å². The van der Waals surface area contributed by atoms with Crippen molar-refractivity contribution in [3.63, 3.8) is 0 Å². The third kappa shape index (κ3) is 5.30. The minimum Gasteiger partial charge on any atom is -0.358 e. The molecule has 1 aromatic heterocycles. The second-order valence-corrected chi connectivity index (χ2v) is 9.72. The highest BCUT2D eigenvalue weighted by atomic mass is 35.5. The molecule has 0 fully saturated rings. The van der Waals surface area contributed by atoms with Crippen LogP contribution in [-0.4, -0.2) is 34.0 Å². The van der Waals surface area contributed by atoms with E-state index in [-0.39, 0.29) is 17.9 Å². The monoisotopic (exact) mass is 518 g/mol. The van der Waals surface area contributed by atoms with Gasteiger partial charge in [-0.25, -0.2) is 4.98 Å². The summed E-state index contributed by atoms with van der Waals surface area (Å²) in [6.07, 6.45) is -3.29. The zero-order valence-electron chi connectivity index (χ0n) is 20.5. The molecule has 0 saturated heterocycles. The number of aryl methyl sites for hydroxylation is 1. The van der Waals surface area contributed by atoms with Gasteiger partial charge in [0.25, 0.3) is 0 Å². The Labute approximate surface area is 214 Å². The molecule has 2 heterocycles. The summed E-state index contributed by atoms with van der Waals surface area (Å²) < 4.78 is 41.2. The number of rotatable bonds is 7. The van der Waals surface area contributed by atoms with Gasteiger partial charge < -0.3 is 9.88 Å². The van der Waals surface area contributed by atoms with Crippen molar-refractivity contribution in [1.29, 1.82) is 0 Å². The van der Waals surface area contributed by atoms with Crippen LogP contribution in [0, 0.1) is 0 Å². The van der Waals surface area contributed by atoms with Gasteiger partial charge >= 0.3 is 6.18 Å². The largest absolute Gasteiger partial charge is 0.416 e. The van der Waals surface area contributed by atoms with Crippen LogP contribution >= 0.6 is 11.6 Å². The highest BCUT2D eigenvalue weighted by Gasteiger charge is 2.39. The van der Waals surface area contributed by atoms with Crippen LogP contribution in [0.4, 0.5) is 13.2 Å². The number of carbonyl (C=O) groups is 1. The van der Waals surface area contributed by atoms with E-state index in [0.29, 0.717) is 31.1 Å². The number of likely N-dealkylation sites (N-methyl/N-ethyl adjacent to an activating group) is 1. The zero-order valence-corrected chi connectivity index (χ0v) is 21.3. The maximum atomic E-state index is 13.2. The molecular weight excluding hydrogens is 489 g/mol. The van der Waals surface area contributed by atoms with Gasteiger partial charge in [0.1, 0.15) is 11.9 Å². The molecule has 1 aliphatic heterocycles. The van der Waals surface area contributed by atoms with Gasteiger partial charge in [-0.05, 0) is 36.1 Å². The van der Waals surface area contributed by atoms with E-state index in [9.17, 15) is 18.0 Å². The number of carbonyl (C=O) groups excluding carboxylic acids is 1. The van der Waals surface area contributed by atoms with Crippen molar-refractivity contribution in [3.8, 4) is 0 Å². The Morgan fingerprint density at radius 3 is 2.36 bits per heavy atom. The molecule has 2 atom stereocenters. The maximum absolute atomic E-state index is 13.2. The Morgan fingerprint density at radius 2 is 1.78 bits per heavy atom. The minimum atomic E-state index is -4.37. The number of amides is 1. The van der Waals surface area contributed by atoms with Gasteiger partial charge in [-0.15, -0.1) is 0 Å². The molecule has 5 nitrogen and oxygen atoms in total. The summed E-state index contributed by atoms with van der Waals surface area (Å²) in [5.41, 5.74) is 1.83. The predicted molar refractivity (Wildman–Crippen MR) is 134 cm³/mol. The van der Waals surface area contributed by atoms with E-state index < -0.39 is 17.8 Å². The zero-order chi connectivity index (χ0) is 26.0. The summed E-state index contributed by atoms with van der Waals surface area (Å²) in [7, 11) is 1.62. The Kier molecular flexibility index (Phi) is 7.76. The number of alkyl halides is 3. The molecule has 0 aliphatic carbocycles. The van der Waals surface area contributed by atoms with Crippen molar-refractivity contribution in [2.75, 3.05) is 13.6 Å². The average Bonchev–Trinajstić information content (AvgIpc) is 3.20. The second-order valence-electron chi connectivity index (χ2n) is 9.37. The molecule has 1 amide bonds. The van der Waals surface area contributed by atoms with Crippen LogP contribution in [0.5, 0.6) is 0 Å². The standard InChI is InChI=1S/C27H30ClF3N4O/c1-17(2)25-33-24(28)23-21(14-11-18-9-12-20(13-10-18)27(29,30)31)34(15-16-35(23)25)22(26(36)32-3)19-7-5-4-6-8-19/h4-10,12-13,17,21-22H,11,14-16H2,1-3H3,(H,32,36)/t21-,22+/m0/s1. The van der Waals surface area contributed by atoms with Crippen molar-refractivity contribution in [3.05, 3.63) is 88.0 Å². The van der Waals surface area contributed by atoms with Crippen LogP contribution in [0.2, 0.25) is 5.15 Å². The van der Waals surface area contributed by atoms with Gasteiger partial charge in [-0.3, -0.25) is 9.69 Å². The smallest absolute Gasteiger partial charge is 0.358 e. The van der Waals surface area contributed by atoms with Gasteiger partial charge in [0.2, 0.25) is 5.91 Å². The molecule has 9 heteroatoms. The lowest BCUT2D eigenvalue weighted by Crippen LogP contribution is -2.46. The fourth-order valence-electron chi connectivity index (χ4n) is 5.02. The molecule has 0 spiro atoms. The first kappa shape index (κ1) is 26.2. The molecule has 0 bridgehead atoms. The molecule has 0 unspecified atom stereocenters. The first-order chi connectivity index (χ1) is 17.1. The molecule has 192 valence electrons. The quantitative estimate of drug-likeness (QED) is 0.408. The lowest BCUT2D eigenvalue weighted by atomic mass is 9.95. The first-order valence-corrected chi connectivity index (χ1v) is 12.4. The van der Waals surface area contributed by atoms with Gasteiger partial charge in [0, 0.05) is 26.1 Å². The molecule has 0 radical (unpaired) electrons. The molecule has 1 aliphatic rings. The van der Waals surface area contributed by atoms with Crippen LogP contribution in [-0.2, 0) is 23.9 Å². The normalized spacial score (nSPS) is 17.2. The molecular formula is C27H30ClF3N4O. The molecule has 0 saturated carbocycles. The fraction of sp³-hybridized carbons (Fsp3) is 0.407. The number of hydrogen-bond acceptors (Lipinski definition) is 3. The highest BCUT2D eigenvalue weighted by Crippen LogP contribution is 2.41. The van der Waals surface area contributed by atoms with E-state index >= 15 is 0 Å². The minimum absolute atomic E-state index is 0.131. The Morgan fingerprint density at radius 1 is 1.11 bits per heavy atom. The lowest BCUT2D eigenvalue weighted by Gasteiger charge is -2.41. The van der Waals surface area contributed by atoms with Crippen molar-refractivity contribution >= 4 is 17.5 Å². The van der Waals surface area contributed by atoms with E-state index in [0.717, 1.165) is 34.8 Å². The van der Waals surface area contributed by atoms with Crippen LogP contribution < -0.4 is 5.32 Å². The first-order valence-electron chi connectivity index (χ1n) is 12.1. The molecule has 1 N–H and O–H groups in total. The van der Waals surface area contributed by atoms with Crippen LogP contribution in [0.1, 0.15) is 66.5 Å². The van der Waals surface area contributed by atoms with Crippen molar-refractivity contribution in [2.45, 2.75) is 57.4 Å². The lowest BCUT2D eigenvalue weighted by molar-refractivity contribution is -0.137. The topological polar surface area (TPSA) is 50.2 Å². The molecule has 2 aromatic carbocycles. The van der Waals surface area contributed by atoms with Gasteiger partial charge in [0.15, 0.2) is 5.15 Å². The summed E-state index contributed by atoms with van der Waals surface area (Å²) in [6.45, 7) is 5.36. The third-order valence-corrected chi connectivity index (χ3v) is 7.01. The average molecular weight is 519 g/mol. The number of fused-ring (bicyclic) bond motifs is 1. The van der Waals surface area contributed by atoms with E-state index in [1.54, 1.807) is 7.05 Å². The summed E-state index contributed by atoms with van der Waals surface area (Å²) in [5.74, 6) is 0.932. The van der Waals surface area contributed by atoms with Crippen LogP contribution in [0.15, 0.2) is 54.6 Å². The highest BCUT2D eigenvalue weighted by molar-refractivity contribution is 6.30. The number of hydrogen-bond donors (Lipinski definition) is 1. The number of nitrogens with zero attached hydrogens (tertiary/aromatic N) is 3. The van der Waals surface area contributed by atoms with E-state index in [4.69, 9.17) is 11.6 Å². The summed E-state index contributed by atoms with van der Waals surface area (Å²) in [5, 5.41) is 3.20. The van der Waals surface area contributed by atoms with Crippen LogP contribution in [0.3, 0.4) is 0 Å². The molecule has 3 aromatic rings. The Balaban J connectivity index is 1.72. The van der Waals surface area contributed by atoms with Gasteiger partial charge in [0.05, 0.1) is 17.3 Å². The number of halogens is 4. The SMILES string of the molecule is CNC(=O)[C@@H](c1ccccc1)N1CCn2c(C(C)C)nc(Cl)c2[C@@H]1CCc1ccc(C(F)(F)F)cc1. The number of imidazole rings is 1. The molecule has 4 rings (SSSR count). The number of nitrogens with one attached hydrogen (secondary N) is 1. The second kappa shape index (κ2) is 10.6. The molecule has 36 heavy (non-hydrogen) atoms. The summed E-state index contributed by atoms with van der Waals surface area (Å²) >= 11 is 6.70. The van der Waals surface area contributed by atoms with Crippen molar-refractivity contribution in [2.24, 2.45) is 0 Å². The fourth-order valence-corrected chi connectivity index (χ4v) is 5.33. The maximum Gasteiger partial charge on any atom is 0.416 e. The van der Waals surface area contributed by atoms with E-state index in [1.807, 2.05) is 30.3 Å². The van der Waals surface area contributed by atoms with Gasteiger partial charge in [-0.2, -0.15) is 13.2 Å². The van der Waals surface area contributed by atoms with Crippen LogP contribution in [0.25, 0.3) is 0 Å². The van der Waals surface area contributed by atoms with Crippen molar-refractivity contribution < 1.29 is 18.0 Å². The predicted octanol–water partition coefficient (Wildman–Crippen LogP) is 6.16. The van der Waals surface area contributed by atoms with E-state index in [2.05, 4.69) is 33.6 Å². The van der Waals surface area contributed by atoms with Crippen molar-refractivity contribution in [1.82, 2.24) is 19.8 Å². The third-order valence-electron chi connectivity index (χ3n) is 6.73. The number of aromatic nitrogens is 2.